The largest absolute Gasteiger partial charge is 0.367 e. The zero-order chi connectivity index (χ0) is 22.9. The van der Waals surface area contributed by atoms with Gasteiger partial charge < -0.3 is 9.47 Å². The molecule has 8 heteroatoms. The molecule has 2 aromatic carbocycles. The Morgan fingerprint density at radius 2 is 1.69 bits per heavy atom. The Morgan fingerprint density at radius 1 is 1.00 bits per heavy atom. The number of aromatic nitrogens is 1. The van der Waals surface area contributed by atoms with Gasteiger partial charge in [-0.3, -0.25) is 9.69 Å². The summed E-state index contributed by atoms with van der Waals surface area (Å²) in [6, 6.07) is 10.7. The van der Waals surface area contributed by atoms with Crippen LogP contribution in [0, 0.1) is 5.82 Å². The van der Waals surface area contributed by atoms with E-state index in [1.54, 1.807) is 28.8 Å². The molecule has 2 heterocycles. The fraction of sp³-hybridized carbons (Fsp3) is 0.375. The molecule has 0 N–H and O–H groups in total. The van der Waals surface area contributed by atoms with Crippen molar-refractivity contribution < 1.29 is 12.8 Å². The first kappa shape index (κ1) is 22.5. The van der Waals surface area contributed by atoms with Crippen molar-refractivity contribution in [2.24, 2.45) is 0 Å². The Bertz CT molecular complexity index is 1280. The van der Waals surface area contributed by atoms with Crippen LogP contribution in [0.15, 0.2) is 63.2 Å². The first-order valence-electron chi connectivity index (χ1n) is 11.0. The highest BCUT2D eigenvalue weighted by Crippen LogP contribution is 2.28. The van der Waals surface area contributed by atoms with Crippen molar-refractivity contribution in [2.75, 3.05) is 37.6 Å². The first-order chi connectivity index (χ1) is 15.4. The molecule has 0 saturated carbocycles. The minimum absolute atomic E-state index is 0.0427. The number of benzene rings is 2. The van der Waals surface area contributed by atoms with E-state index in [9.17, 15) is 13.2 Å². The summed E-state index contributed by atoms with van der Waals surface area (Å²) >= 11 is 0. The summed E-state index contributed by atoms with van der Waals surface area (Å²) in [5, 5.41) is 0.0784. The molecule has 1 saturated heterocycles. The van der Waals surface area contributed by atoms with Gasteiger partial charge in [0.05, 0.1) is 21.5 Å². The van der Waals surface area contributed by atoms with E-state index in [4.69, 9.17) is 0 Å². The number of hydrogen-bond acceptors (Lipinski definition) is 5. The van der Waals surface area contributed by atoms with E-state index in [1.807, 2.05) is 11.8 Å². The number of piperazine rings is 1. The summed E-state index contributed by atoms with van der Waals surface area (Å²) in [5.74, 6) is -0.504. The zero-order valence-corrected chi connectivity index (χ0v) is 19.2. The molecule has 1 aliphatic rings. The number of sulfone groups is 1. The number of aryl methyl sites for hydroxylation is 1. The van der Waals surface area contributed by atoms with E-state index in [1.165, 1.54) is 24.4 Å². The van der Waals surface area contributed by atoms with Gasteiger partial charge in [0.1, 0.15) is 10.7 Å². The van der Waals surface area contributed by atoms with Crippen LogP contribution in [0.5, 0.6) is 0 Å². The molecule has 32 heavy (non-hydrogen) atoms. The molecule has 0 atom stereocenters. The average molecular weight is 458 g/mol. The molecule has 0 amide bonds. The lowest BCUT2D eigenvalue weighted by atomic mass is 10.1. The van der Waals surface area contributed by atoms with Crippen molar-refractivity contribution in [1.82, 2.24) is 9.47 Å². The number of anilines is 1. The SMILES string of the molecule is CCCN1CCN(c2cc3c(cc2F)c(=O)c(S(=O)(=O)c2ccccc2)cn3CC)CC1. The summed E-state index contributed by atoms with van der Waals surface area (Å²) < 4.78 is 43.1. The van der Waals surface area contributed by atoms with Crippen molar-refractivity contribution in [3.8, 4) is 0 Å². The molecule has 4 rings (SSSR count). The van der Waals surface area contributed by atoms with Crippen molar-refractivity contribution in [1.29, 1.82) is 0 Å². The van der Waals surface area contributed by atoms with Crippen LogP contribution in [-0.2, 0) is 16.4 Å². The predicted octanol–water partition coefficient (Wildman–Crippen LogP) is 3.53. The second-order valence-corrected chi connectivity index (χ2v) is 9.99. The first-order valence-corrected chi connectivity index (χ1v) is 12.5. The van der Waals surface area contributed by atoms with E-state index in [0.717, 1.165) is 26.1 Å². The summed E-state index contributed by atoms with van der Waals surface area (Å²) in [4.78, 5) is 17.3. The number of fused-ring (bicyclic) bond motifs is 1. The Balaban J connectivity index is 1.81. The van der Waals surface area contributed by atoms with Crippen molar-refractivity contribution >= 4 is 26.4 Å². The average Bonchev–Trinajstić information content (AvgIpc) is 2.80. The normalized spacial score (nSPS) is 15.4. The maximum atomic E-state index is 15.2. The van der Waals surface area contributed by atoms with Crippen LogP contribution in [0.4, 0.5) is 10.1 Å². The van der Waals surface area contributed by atoms with Crippen molar-refractivity contribution in [2.45, 2.75) is 36.6 Å². The topological polar surface area (TPSA) is 62.6 Å². The van der Waals surface area contributed by atoms with E-state index >= 15 is 4.39 Å². The van der Waals surface area contributed by atoms with Gasteiger partial charge in [0, 0.05) is 38.9 Å². The Kier molecular flexibility index (Phi) is 6.35. The van der Waals surface area contributed by atoms with Crippen molar-refractivity contribution in [3.05, 3.63) is 64.7 Å². The van der Waals surface area contributed by atoms with Crippen LogP contribution < -0.4 is 10.3 Å². The molecule has 6 nitrogen and oxygen atoms in total. The third-order valence-corrected chi connectivity index (χ3v) is 7.82. The van der Waals surface area contributed by atoms with Gasteiger partial charge in [0.15, 0.2) is 0 Å². The van der Waals surface area contributed by atoms with E-state index < -0.39 is 21.1 Å². The van der Waals surface area contributed by atoms with Crippen molar-refractivity contribution in [3.63, 3.8) is 0 Å². The molecule has 0 unspecified atom stereocenters. The fourth-order valence-corrected chi connectivity index (χ4v) is 5.71. The number of nitrogens with zero attached hydrogens (tertiary/aromatic N) is 3. The molecule has 170 valence electrons. The Morgan fingerprint density at radius 3 is 2.31 bits per heavy atom. The van der Waals surface area contributed by atoms with E-state index in [2.05, 4.69) is 11.8 Å². The summed E-state index contributed by atoms with van der Waals surface area (Å²) in [6.07, 6.45) is 2.47. The highest BCUT2D eigenvalue weighted by molar-refractivity contribution is 7.91. The molecule has 0 aliphatic carbocycles. The second-order valence-electron chi connectivity index (χ2n) is 8.07. The molecule has 1 aromatic heterocycles. The van der Waals surface area contributed by atoms with Gasteiger partial charge in [-0.1, -0.05) is 25.1 Å². The molecular weight excluding hydrogens is 429 g/mol. The molecule has 0 bridgehead atoms. The predicted molar refractivity (Wildman–Crippen MR) is 125 cm³/mol. The molecule has 1 fully saturated rings. The summed E-state index contributed by atoms with van der Waals surface area (Å²) in [6.45, 7) is 8.63. The number of pyridine rings is 1. The van der Waals surface area contributed by atoms with Gasteiger partial charge in [-0.25, -0.2) is 12.8 Å². The van der Waals surface area contributed by atoms with Crippen LogP contribution in [0.3, 0.4) is 0 Å². The van der Waals surface area contributed by atoms with E-state index in [0.29, 0.717) is 30.8 Å². The minimum Gasteiger partial charge on any atom is -0.367 e. The van der Waals surface area contributed by atoms with Gasteiger partial charge in [0.25, 0.3) is 0 Å². The lowest BCUT2D eigenvalue weighted by Gasteiger charge is -2.36. The van der Waals surface area contributed by atoms with E-state index in [-0.39, 0.29) is 15.2 Å². The monoisotopic (exact) mass is 457 g/mol. The van der Waals surface area contributed by atoms with Crippen LogP contribution >= 0.6 is 0 Å². The van der Waals surface area contributed by atoms with Gasteiger partial charge in [-0.15, -0.1) is 0 Å². The van der Waals surface area contributed by atoms with Crippen LogP contribution in [0.25, 0.3) is 10.9 Å². The lowest BCUT2D eigenvalue weighted by Crippen LogP contribution is -2.46. The second kappa shape index (κ2) is 9.03. The summed E-state index contributed by atoms with van der Waals surface area (Å²) in [5.41, 5.74) is 0.317. The maximum Gasteiger partial charge on any atom is 0.211 e. The highest BCUT2D eigenvalue weighted by Gasteiger charge is 2.25. The number of rotatable bonds is 6. The smallest absolute Gasteiger partial charge is 0.211 e. The third kappa shape index (κ3) is 4.04. The number of hydrogen-bond donors (Lipinski definition) is 0. The van der Waals surface area contributed by atoms with Gasteiger partial charge in [-0.2, -0.15) is 0 Å². The summed E-state index contributed by atoms with van der Waals surface area (Å²) in [7, 11) is -4.02. The highest BCUT2D eigenvalue weighted by atomic mass is 32.2. The van der Waals surface area contributed by atoms with Crippen LogP contribution in [0.1, 0.15) is 20.3 Å². The van der Waals surface area contributed by atoms with Gasteiger partial charge >= 0.3 is 0 Å². The molecule has 3 aromatic rings. The van der Waals surface area contributed by atoms with Crippen LogP contribution in [0.2, 0.25) is 0 Å². The van der Waals surface area contributed by atoms with Crippen LogP contribution in [-0.4, -0.2) is 50.6 Å². The Labute approximate surface area is 187 Å². The standard InChI is InChI=1S/C24H28FN3O3S/c1-3-10-26-11-13-28(14-12-26)22-16-21-19(15-20(22)25)24(29)23(17-27(21)4-2)32(30,31)18-8-6-5-7-9-18/h5-9,15-17H,3-4,10-14H2,1-2H3. The minimum atomic E-state index is -4.02. The quantitative estimate of drug-likeness (QED) is 0.567. The van der Waals surface area contributed by atoms with Gasteiger partial charge in [-0.05, 0) is 44.2 Å². The molecule has 0 spiro atoms. The number of halogens is 1. The molecule has 0 radical (unpaired) electrons. The molecular formula is C24H28FN3O3S. The lowest BCUT2D eigenvalue weighted by molar-refractivity contribution is 0.258. The maximum absolute atomic E-state index is 15.2. The Hall–Kier alpha value is -2.71. The fourth-order valence-electron chi connectivity index (χ4n) is 4.32. The third-order valence-electron chi connectivity index (χ3n) is 6.05. The van der Waals surface area contributed by atoms with Gasteiger partial charge in [0.2, 0.25) is 15.3 Å². The molecule has 1 aliphatic heterocycles. The zero-order valence-electron chi connectivity index (χ0n) is 18.4.